The lowest BCUT2D eigenvalue weighted by atomic mass is 9.72. The van der Waals surface area contributed by atoms with Crippen molar-refractivity contribution in [3.8, 4) is 0 Å². The lowest BCUT2D eigenvalue weighted by Crippen LogP contribution is -2.53. The van der Waals surface area contributed by atoms with E-state index in [0.717, 1.165) is 35.5 Å². The number of nitrogens with zero attached hydrogens (tertiary/aromatic N) is 1. The van der Waals surface area contributed by atoms with Gasteiger partial charge in [0, 0.05) is 17.8 Å². The number of amides is 1. The second kappa shape index (κ2) is 6.63. The number of likely N-dealkylation sites (N-methyl/N-ethyl adjacent to an activating group) is 1. The third-order valence-corrected chi connectivity index (χ3v) is 4.81. The summed E-state index contributed by atoms with van der Waals surface area (Å²) in [6.07, 6.45) is 3.10. The molecule has 1 fully saturated rings. The van der Waals surface area contributed by atoms with Crippen molar-refractivity contribution in [2.75, 3.05) is 18.5 Å². The molecule has 23 heavy (non-hydrogen) atoms. The molecule has 4 heteroatoms. The van der Waals surface area contributed by atoms with Crippen LogP contribution in [0.3, 0.4) is 0 Å². The van der Waals surface area contributed by atoms with Crippen molar-refractivity contribution in [3.63, 3.8) is 0 Å². The standard InChI is InChI=1S/C19H21ClN2O/c1-22(17-6-3-2-4-7-17)14-18(23)21-19(12-5-13-19)15-8-10-16(20)11-9-15/h2-4,6-11H,5,12-14H2,1H3,(H,21,23). The van der Waals surface area contributed by atoms with E-state index in [4.69, 9.17) is 11.6 Å². The van der Waals surface area contributed by atoms with Gasteiger partial charge in [-0.2, -0.15) is 0 Å². The van der Waals surface area contributed by atoms with Crippen LogP contribution in [0.2, 0.25) is 5.02 Å². The molecule has 0 aromatic heterocycles. The summed E-state index contributed by atoms with van der Waals surface area (Å²) in [4.78, 5) is 14.5. The van der Waals surface area contributed by atoms with E-state index in [-0.39, 0.29) is 11.4 Å². The molecule has 2 aromatic rings. The molecule has 120 valence electrons. The lowest BCUT2D eigenvalue weighted by Gasteiger charge is -2.43. The number of anilines is 1. The van der Waals surface area contributed by atoms with E-state index >= 15 is 0 Å². The number of rotatable bonds is 5. The Morgan fingerprint density at radius 2 is 1.78 bits per heavy atom. The molecule has 1 N–H and O–H groups in total. The monoisotopic (exact) mass is 328 g/mol. The van der Waals surface area contributed by atoms with Crippen molar-refractivity contribution in [2.24, 2.45) is 0 Å². The van der Waals surface area contributed by atoms with Crippen LogP contribution in [0.25, 0.3) is 0 Å². The van der Waals surface area contributed by atoms with Crippen LogP contribution in [-0.2, 0) is 10.3 Å². The van der Waals surface area contributed by atoms with Crippen LogP contribution < -0.4 is 10.2 Å². The van der Waals surface area contributed by atoms with E-state index in [1.807, 2.05) is 66.5 Å². The van der Waals surface area contributed by atoms with Gasteiger partial charge >= 0.3 is 0 Å². The van der Waals surface area contributed by atoms with Gasteiger partial charge in [0.1, 0.15) is 0 Å². The second-order valence-electron chi connectivity index (χ2n) is 6.18. The molecule has 0 aliphatic heterocycles. The first-order valence-electron chi connectivity index (χ1n) is 7.92. The summed E-state index contributed by atoms with van der Waals surface area (Å²) >= 11 is 5.97. The molecule has 3 nitrogen and oxygen atoms in total. The zero-order valence-electron chi connectivity index (χ0n) is 13.3. The molecule has 0 unspecified atom stereocenters. The summed E-state index contributed by atoms with van der Waals surface area (Å²) in [7, 11) is 1.94. The molecule has 3 rings (SSSR count). The van der Waals surface area contributed by atoms with Crippen molar-refractivity contribution in [1.82, 2.24) is 5.32 Å². The quantitative estimate of drug-likeness (QED) is 0.900. The fourth-order valence-electron chi connectivity index (χ4n) is 3.08. The predicted octanol–water partition coefficient (Wildman–Crippen LogP) is 3.97. The van der Waals surface area contributed by atoms with Crippen molar-refractivity contribution in [1.29, 1.82) is 0 Å². The number of carbonyl (C=O) groups is 1. The molecule has 0 atom stereocenters. The molecule has 2 aromatic carbocycles. The van der Waals surface area contributed by atoms with Gasteiger partial charge in [0.25, 0.3) is 0 Å². The van der Waals surface area contributed by atoms with E-state index in [1.54, 1.807) is 0 Å². The summed E-state index contributed by atoms with van der Waals surface area (Å²) in [5.74, 6) is 0.0472. The van der Waals surface area contributed by atoms with Gasteiger partial charge in [0.15, 0.2) is 0 Å². The number of carbonyl (C=O) groups excluding carboxylic acids is 1. The highest BCUT2D eigenvalue weighted by atomic mass is 35.5. The SMILES string of the molecule is CN(CC(=O)NC1(c2ccc(Cl)cc2)CCC1)c1ccccc1. The first-order chi connectivity index (χ1) is 11.1. The van der Waals surface area contributed by atoms with Crippen molar-refractivity contribution in [2.45, 2.75) is 24.8 Å². The summed E-state index contributed by atoms with van der Waals surface area (Å²) in [5, 5.41) is 3.96. The molecule has 1 aliphatic carbocycles. The minimum absolute atomic E-state index is 0.0472. The summed E-state index contributed by atoms with van der Waals surface area (Å²) < 4.78 is 0. The van der Waals surface area contributed by atoms with Gasteiger partial charge in [-0.05, 0) is 49.1 Å². The third-order valence-electron chi connectivity index (χ3n) is 4.56. The maximum atomic E-state index is 12.5. The maximum Gasteiger partial charge on any atom is 0.240 e. The largest absolute Gasteiger partial charge is 0.365 e. The Morgan fingerprint density at radius 1 is 1.13 bits per heavy atom. The van der Waals surface area contributed by atoms with Crippen LogP contribution in [0.1, 0.15) is 24.8 Å². The van der Waals surface area contributed by atoms with Gasteiger partial charge in [0.05, 0.1) is 12.1 Å². The van der Waals surface area contributed by atoms with Crippen LogP contribution in [0.15, 0.2) is 54.6 Å². The summed E-state index contributed by atoms with van der Waals surface area (Å²) in [6.45, 7) is 0.347. The Bertz CT molecular complexity index is 666. The number of nitrogens with one attached hydrogen (secondary N) is 1. The molecule has 0 saturated heterocycles. The smallest absolute Gasteiger partial charge is 0.240 e. The fourth-order valence-corrected chi connectivity index (χ4v) is 3.21. The molecule has 0 spiro atoms. The number of halogens is 1. The number of para-hydroxylation sites is 1. The van der Waals surface area contributed by atoms with Crippen molar-refractivity contribution < 1.29 is 4.79 Å². The van der Waals surface area contributed by atoms with E-state index < -0.39 is 0 Å². The zero-order chi connectivity index (χ0) is 16.3. The lowest BCUT2D eigenvalue weighted by molar-refractivity contribution is -0.123. The van der Waals surface area contributed by atoms with Gasteiger partial charge in [0.2, 0.25) is 5.91 Å². The number of hydrogen-bond donors (Lipinski definition) is 1. The third kappa shape index (κ3) is 3.50. The highest BCUT2D eigenvalue weighted by Gasteiger charge is 2.39. The first kappa shape index (κ1) is 15.9. The maximum absolute atomic E-state index is 12.5. The second-order valence-corrected chi connectivity index (χ2v) is 6.62. The molecular formula is C19H21ClN2O. The Hall–Kier alpha value is -2.00. The highest BCUT2D eigenvalue weighted by Crippen LogP contribution is 2.41. The predicted molar refractivity (Wildman–Crippen MR) is 94.8 cm³/mol. The number of hydrogen-bond acceptors (Lipinski definition) is 2. The molecule has 0 bridgehead atoms. The first-order valence-corrected chi connectivity index (χ1v) is 8.30. The van der Waals surface area contributed by atoms with Gasteiger partial charge in [-0.25, -0.2) is 0 Å². The van der Waals surface area contributed by atoms with E-state index in [0.29, 0.717) is 6.54 Å². The van der Waals surface area contributed by atoms with E-state index in [1.165, 1.54) is 0 Å². The molecule has 1 saturated carbocycles. The van der Waals surface area contributed by atoms with Gasteiger partial charge < -0.3 is 10.2 Å². The molecule has 0 heterocycles. The van der Waals surface area contributed by atoms with E-state index in [9.17, 15) is 4.79 Å². The van der Waals surface area contributed by atoms with Crippen LogP contribution in [0, 0.1) is 0 Å². The van der Waals surface area contributed by atoms with E-state index in [2.05, 4.69) is 5.32 Å². The minimum atomic E-state index is -0.223. The summed E-state index contributed by atoms with van der Waals surface area (Å²) in [5.41, 5.74) is 1.96. The molecule has 0 radical (unpaired) electrons. The Kier molecular flexibility index (Phi) is 4.58. The normalized spacial score (nSPS) is 15.6. The number of benzene rings is 2. The van der Waals surface area contributed by atoms with Crippen molar-refractivity contribution >= 4 is 23.2 Å². The van der Waals surface area contributed by atoms with Gasteiger partial charge in [-0.3, -0.25) is 4.79 Å². The molecular weight excluding hydrogens is 308 g/mol. The molecule has 1 amide bonds. The highest BCUT2D eigenvalue weighted by molar-refractivity contribution is 6.30. The van der Waals surface area contributed by atoms with Crippen LogP contribution in [0.5, 0.6) is 0 Å². The zero-order valence-corrected chi connectivity index (χ0v) is 14.0. The average Bonchev–Trinajstić information content (AvgIpc) is 2.53. The fraction of sp³-hybridized carbons (Fsp3) is 0.316. The van der Waals surface area contributed by atoms with Gasteiger partial charge in [-0.15, -0.1) is 0 Å². The van der Waals surface area contributed by atoms with Crippen LogP contribution >= 0.6 is 11.6 Å². The Morgan fingerprint density at radius 3 is 2.35 bits per heavy atom. The topological polar surface area (TPSA) is 32.3 Å². The van der Waals surface area contributed by atoms with Crippen LogP contribution in [0.4, 0.5) is 5.69 Å². The molecule has 1 aliphatic rings. The van der Waals surface area contributed by atoms with Crippen LogP contribution in [-0.4, -0.2) is 19.5 Å². The minimum Gasteiger partial charge on any atom is -0.365 e. The van der Waals surface area contributed by atoms with Crippen molar-refractivity contribution in [3.05, 3.63) is 65.2 Å². The summed E-state index contributed by atoms with van der Waals surface area (Å²) in [6, 6.07) is 17.7. The average molecular weight is 329 g/mol. The van der Waals surface area contributed by atoms with Gasteiger partial charge in [-0.1, -0.05) is 41.9 Å². The Labute approximate surface area is 142 Å². The Balaban J connectivity index is 1.67.